The van der Waals surface area contributed by atoms with Crippen molar-refractivity contribution in [2.24, 2.45) is 0 Å². The molecule has 0 amide bonds. The van der Waals surface area contributed by atoms with E-state index in [0.29, 0.717) is 5.82 Å². The lowest BCUT2D eigenvalue weighted by atomic mass is 10.6. The fraction of sp³-hybridized carbons (Fsp3) is 0.400. The van der Waals surface area contributed by atoms with Crippen LogP contribution in [0.15, 0.2) is 0 Å². The molecule has 0 spiro atoms. The second-order valence-electron chi connectivity index (χ2n) is 1.88. The zero-order valence-electron chi connectivity index (χ0n) is 6.30. The summed E-state index contributed by atoms with van der Waals surface area (Å²) in [6.45, 7) is 1.75. The summed E-state index contributed by atoms with van der Waals surface area (Å²) in [4.78, 5) is 8.50. The van der Waals surface area contributed by atoms with Gasteiger partial charge in [-0.2, -0.15) is 5.48 Å². The molecular formula is C5H9N5O. The molecule has 6 heteroatoms. The van der Waals surface area contributed by atoms with Gasteiger partial charge in [-0.15, -0.1) is 5.10 Å². The molecule has 0 aliphatic carbocycles. The summed E-state index contributed by atoms with van der Waals surface area (Å²) in [6, 6.07) is 0. The molecule has 1 aromatic rings. The van der Waals surface area contributed by atoms with Crippen LogP contribution in [0.4, 0.5) is 0 Å². The van der Waals surface area contributed by atoms with Crippen molar-refractivity contribution in [3.05, 3.63) is 11.6 Å². The zero-order chi connectivity index (χ0) is 8.27. The molecule has 11 heavy (non-hydrogen) atoms. The van der Waals surface area contributed by atoms with Crippen molar-refractivity contribution < 1.29 is 4.84 Å². The lowest BCUT2D eigenvalue weighted by Gasteiger charge is -1.97. The predicted octanol–water partition coefficient (Wildman–Crippen LogP) is -0.411. The van der Waals surface area contributed by atoms with E-state index in [0.717, 1.165) is 0 Å². The van der Waals surface area contributed by atoms with Crippen LogP contribution in [-0.2, 0) is 4.84 Å². The third-order valence-electron chi connectivity index (χ3n) is 1.00. The molecule has 0 saturated carbocycles. The lowest BCUT2D eigenvalue weighted by molar-refractivity contribution is 0.206. The van der Waals surface area contributed by atoms with Gasteiger partial charge in [-0.05, 0) is 6.92 Å². The minimum Gasteiger partial charge on any atom is -0.385 e. The van der Waals surface area contributed by atoms with Gasteiger partial charge >= 0.3 is 0 Å². The first-order chi connectivity index (χ1) is 5.24. The second-order valence-corrected chi connectivity index (χ2v) is 1.88. The molecule has 0 aliphatic heterocycles. The zero-order valence-corrected chi connectivity index (χ0v) is 6.30. The van der Waals surface area contributed by atoms with Crippen LogP contribution < -0.4 is 5.48 Å². The van der Waals surface area contributed by atoms with Crippen molar-refractivity contribution in [1.29, 1.82) is 5.41 Å². The molecule has 0 fully saturated rings. The Labute approximate surface area is 63.4 Å². The fourth-order valence-electron chi connectivity index (χ4n) is 0.592. The largest absolute Gasteiger partial charge is 0.385 e. The number of H-pyrrole nitrogens is 1. The Morgan fingerprint density at radius 2 is 2.45 bits per heavy atom. The molecule has 0 saturated heterocycles. The normalized spacial score (nSPS) is 9.64. The lowest BCUT2D eigenvalue weighted by Crippen LogP contribution is -2.16. The van der Waals surface area contributed by atoms with Crippen molar-refractivity contribution in [3.8, 4) is 0 Å². The molecule has 3 N–H and O–H groups in total. The number of hydrogen-bond acceptors (Lipinski definition) is 5. The Morgan fingerprint density at radius 1 is 1.73 bits per heavy atom. The van der Waals surface area contributed by atoms with Gasteiger partial charge < -0.3 is 4.84 Å². The maximum absolute atomic E-state index is 7.21. The highest BCUT2D eigenvalue weighted by Crippen LogP contribution is 1.91. The highest BCUT2D eigenvalue weighted by molar-refractivity contribution is 5.87. The van der Waals surface area contributed by atoms with Gasteiger partial charge in [-0.25, -0.2) is 4.98 Å². The van der Waals surface area contributed by atoms with Crippen LogP contribution >= 0.6 is 0 Å². The first-order valence-corrected chi connectivity index (χ1v) is 3.05. The molecule has 0 aromatic carbocycles. The van der Waals surface area contributed by atoms with Crippen LogP contribution in [0.1, 0.15) is 11.6 Å². The molecular weight excluding hydrogens is 146 g/mol. The number of nitrogens with zero attached hydrogens (tertiary/aromatic N) is 2. The van der Waals surface area contributed by atoms with E-state index >= 15 is 0 Å². The van der Waals surface area contributed by atoms with Gasteiger partial charge in [-0.1, -0.05) is 0 Å². The number of hydrogen-bond donors (Lipinski definition) is 3. The van der Waals surface area contributed by atoms with E-state index in [1.54, 1.807) is 14.0 Å². The number of nitrogens with one attached hydrogen (secondary N) is 3. The number of rotatable bonds is 2. The Hall–Kier alpha value is -1.43. The third-order valence-corrected chi connectivity index (χ3v) is 1.00. The van der Waals surface area contributed by atoms with E-state index in [1.807, 2.05) is 0 Å². The summed E-state index contributed by atoms with van der Waals surface area (Å²) >= 11 is 0. The molecule has 0 aliphatic rings. The van der Waals surface area contributed by atoms with Crippen molar-refractivity contribution >= 4 is 5.90 Å². The molecule has 0 atom stereocenters. The van der Waals surface area contributed by atoms with Gasteiger partial charge in [0, 0.05) is 7.05 Å². The van der Waals surface area contributed by atoms with Crippen LogP contribution in [0.25, 0.3) is 0 Å². The predicted molar refractivity (Wildman–Crippen MR) is 38.1 cm³/mol. The maximum atomic E-state index is 7.21. The first kappa shape index (κ1) is 7.67. The first-order valence-electron chi connectivity index (χ1n) is 3.05. The van der Waals surface area contributed by atoms with E-state index in [2.05, 4.69) is 25.5 Å². The van der Waals surface area contributed by atoms with Crippen molar-refractivity contribution in [2.75, 3.05) is 7.05 Å². The summed E-state index contributed by atoms with van der Waals surface area (Å²) in [5.41, 5.74) is 2.36. The van der Waals surface area contributed by atoms with Gasteiger partial charge in [0.15, 0.2) is 0 Å². The topological polar surface area (TPSA) is 86.7 Å². The minimum absolute atomic E-state index is 0.100. The van der Waals surface area contributed by atoms with Gasteiger partial charge in [0.1, 0.15) is 5.82 Å². The molecule has 0 bridgehead atoms. The quantitative estimate of drug-likeness (QED) is 0.308. The average molecular weight is 155 g/mol. The Bertz CT molecular complexity index is 255. The fourth-order valence-corrected chi connectivity index (χ4v) is 0.592. The van der Waals surface area contributed by atoms with E-state index in [1.165, 1.54) is 0 Å². The number of aromatic amines is 1. The summed E-state index contributed by atoms with van der Waals surface area (Å²) in [5, 5.41) is 13.5. The molecule has 0 radical (unpaired) electrons. The molecule has 60 valence electrons. The Morgan fingerprint density at radius 3 is 2.91 bits per heavy atom. The Balaban J connectivity index is 2.69. The molecule has 1 rings (SSSR count). The summed E-state index contributed by atoms with van der Waals surface area (Å²) < 4.78 is 0. The number of aryl methyl sites for hydroxylation is 1. The highest BCUT2D eigenvalue weighted by Gasteiger charge is 2.06. The smallest absolute Gasteiger partial charge is 0.277 e. The SMILES string of the molecule is CNOC(=N)c1n[nH]c(C)n1. The van der Waals surface area contributed by atoms with E-state index in [4.69, 9.17) is 5.41 Å². The van der Waals surface area contributed by atoms with Crippen molar-refractivity contribution in [2.45, 2.75) is 6.92 Å². The standard InChI is InChI=1S/C5H9N5O/c1-3-8-5(10-9-3)4(6)11-7-2/h6-7H,1-2H3,(H,8,9,10). The van der Waals surface area contributed by atoms with Crippen LogP contribution in [0, 0.1) is 12.3 Å². The Kier molecular flexibility index (Phi) is 2.17. The van der Waals surface area contributed by atoms with E-state index in [-0.39, 0.29) is 11.7 Å². The molecule has 1 aromatic heterocycles. The van der Waals surface area contributed by atoms with Crippen LogP contribution in [0.5, 0.6) is 0 Å². The van der Waals surface area contributed by atoms with Crippen molar-refractivity contribution in [3.63, 3.8) is 0 Å². The van der Waals surface area contributed by atoms with Crippen LogP contribution in [-0.4, -0.2) is 28.1 Å². The summed E-state index contributed by atoms with van der Waals surface area (Å²) in [5.74, 6) is 0.804. The summed E-state index contributed by atoms with van der Waals surface area (Å²) in [6.07, 6.45) is 0. The third kappa shape index (κ3) is 1.74. The van der Waals surface area contributed by atoms with Gasteiger partial charge in [0.05, 0.1) is 0 Å². The minimum atomic E-state index is -0.100. The van der Waals surface area contributed by atoms with Gasteiger partial charge in [0.25, 0.3) is 5.90 Å². The van der Waals surface area contributed by atoms with Crippen molar-refractivity contribution in [1.82, 2.24) is 20.7 Å². The second kappa shape index (κ2) is 3.11. The molecule has 0 unspecified atom stereocenters. The maximum Gasteiger partial charge on any atom is 0.277 e. The molecule has 6 nitrogen and oxygen atoms in total. The number of aromatic nitrogens is 3. The average Bonchev–Trinajstić information content (AvgIpc) is 2.36. The van der Waals surface area contributed by atoms with Gasteiger partial charge in [-0.3, -0.25) is 10.5 Å². The van der Waals surface area contributed by atoms with Crippen LogP contribution in [0.3, 0.4) is 0 Å². The highest BCUT2D eigenvalue weighted by atomic mass is 16.6. The number of hydroxylamine groups is 1. The molecule has 1 heterocycles. The summed E-state index contributed by atoms with van der Waals surface area (Å²) in [7, 11) is 1.56. The van der Waals surface area contributed by atoms with Crippen LogP contribution in [0.2, 0.25) is 0 Å². The van der Waals surface area contributed by atoms with E-state index < -0.39 is 0 Å². The van der Waals surface area contributed by atoms with Gasteiger partial charge in [0.2, 0.25) is 5.82 Å². The van der Waals surface area contributed by atoms with E-state index in [9.17, 15) is 0 Å². The monoisotopic (exact) mass is 155 g/mol.